The average Bonchev–Trinajstić information content (AvgIpc) is 2.65. The summed E-state index contributed by atoms with van der Waals surface area (Å²) < 4.78 is 38.5. The number of sulfonamides is 1. The average molecular weight is 378 g/mol. The van der Waals surface area contributed by atoms with Crippen molar-refractivity contribution in [1.82, 2.24) is 4.72 Å². The third-order valence-corrected chi connectivity index (χ3v) is 5.85. The molecule has 26 heavy (non-hydrogen) atoms. The van der Waals surface area contributed by atoms with Crippen LogP contribution in [0.3, 0.4) is 0 Å². The number of ether oxygens (including phenoxy) is 2. The third-order valence-electron chi connectivity index (χ3n) is 4.29. The quantitative estimate of drug-likeness (QED) is 0.715. The number of aryl methyl sites for hydroxylation is 1. The lowest BCUT2D eigenvalue weighted by Gasteiger charge is -2.17. The van der Waals surface area contributed by atoms with E-state index in [0.717, 1.165) is 30.4 Å². The van der Waals surface area contributed by atoms with E-state index in [1.165, 1.54) is 0 Å². The first-order valence-electron chi connectivity index (χ1n) is 8.74. The van der Waals surface area contributed by atoms with Crippen molar-refractivity contribution in [3.8, 4) is 11.5 Å². The lowest BCUT2D eigenvalue weighted by Crippen LogP contribution is -2.26. The molecule has 1 unspecified atom stereocenters. The molecule has 0 heterocycles. The van der Waals surface area contributed by atoms with Crippen molar-refractivity contribution in [3.05, 3.63) is 53.6 Å². The Morgan fingerprint density at radius 2 is 1.65 bits per heavy atom. The van der Waals surface area contributed by atoms with Crippen LogP contribution in [0.25, 0.3) is 0 Å². The van der Waals surface area contributed by atoms with Crippen LogP contribution in [0, 0.1) is 0 Å². The van der Waals surface area contributed by atoms with Gasteiger partial charge >= 0.3 is 0 Å². The fourth-order valence-electron chi connectivity index (χ4n) is 2.71. The molecule has 0 aliphatic rings. The molecular formula is C20H27NO4S. The second kappa shape index (κ2) is 9.05. The van der Waals surface area contributed by atoms with E-state index < -0.39 is 16.1 Å². The van der Waals surface area contributed by atoms with E-state index in [0.29, 0.717) is 11.5 Å². The molecule has 2 aromatic rings. The molecule has 0 aliphatic heterocycles. The molecule has 6 heteroatoms. The fraction of sp³-hybridized carbons (Fsp3) is 0.400. The molecule has 1 atom stereocenters. The topological polar surface area (TPSA) is 64.6 Å². The van der Waals surface area contributed by atoms with Crippen LogP contribution in [0.2, 0.25) is 0 Å². The maximum absolute atomic E-state index is 12.7. The van der Waals surface area contributed by atoms with E-state index in [4.69, 9.17) is 9.47 Å². The van der Waals surface area contributed by atoms with Crippen molar-refractivity contribution in [2.45, 2.75) is 44.0 Å². The van der Waals surface area contributed by atoms with Gasteiger partial charge in [0.15, 0.2) is 11.5 Å². The normalized spacial score (nSPS) is 12.6. The van der Waals surface area contributed by atoms with Crippen molar-refractivity contribution >= 4 is 10.0 Å². The summed E-state index contributed by atoms with van der Waals surface area (Å²) in [5, 5.41) is 0. The van der Waals surface area contributed by atoms with Gasteiger partial charge in [-0.3, -0.25) is 0 Å². The lowest BCUT2D eigenvalue weighted by atomic mass is 10.1. The Hall–Kier alpha value is -2.05. The van der Waals surface area contributed by atoms with Gasteiger partial charge in [-0.05, 0) is 55.2 Å². The summed E-state index contributed by atoms with van der Waals surface area (Å²) in [6.07, 6.45) is 3.18. The molecule has 142 valence electrons. The second-order valence-electron chi connectivity index (χ2n) is 6.20. The monoisotopic (exact) mass is 377 g/mol. The van der Waals surface area contributed by atoms with Gasteiger partial charge in [0, 0.05) is 6.04 Å². The maximum atomic E-state index is 12.7. The van der Waals surface area contributed by atoms with E-state index in [1.807, 2.05) is 18.2 Å². The van der Waals surface area contributed by atoms with Crippen LogP contribution in [0.15, 0.2) is 47.4 Å². The molecule has 0 saturated carbocycles. The van der Waals surface area contributed by atoms with Crippen molar-refractivity contribution in [1.29, 1.82) is 0 Å². The fourth-order valence-corrected chi connectivity index (χ4v) is 3.94. The van der Waals surface area contributed by atoms with E-state index in [9.17, 15) is 8.42 Å². The molecule has 0 aromatic heterocycles. The number of methoxy groups -OCH3 is 2. The Labute approximate surface area is 156 Å². The van der Waals surface area contributed by atoms with Gasteiger partial charge in [-0.25, -0.2) is 13.1 Å². The molecule has 0 saturated heterocycles. The van der Waals surface area contributed by atoms with Gasteiger partial charge in [0.2, 0.25) is 10.0 Å². The molecule has 5 nitrogen and oxygen atoms in total. The van der Waals surface area contributed by atoms with Gasteiger partial charge in [0.25, 0.3) is 0 Å². The summed E-state index contributed by atoms with van der Waals surface area (Å²) in [5.74, 6) is 1.17. The van der Waals surface area contributed by atoms with Crippen LogP contribution in [0.5, 0.6) is 11.5 Å². The summed E-state index contributed by atoms with van der Waals surface area (Å²) in [5.41, 5.74) is 1.95. The number of rotatable bonds is 9. The minimum Gasteiger partial charge on any atom is -0.493 e. The molecule has 2 aromatic carbocycles. The first-order chi connectivity index (χ1) is 12.4. The SMILES string of the molecule is CCCCc1ccc(S(=O)(=O)NC(C)c2ccc(OC)c(OC)c2)cc1. The Bertz CT molecular complexity index is 816. The van der Waals surface area contributed by atoms with Crippen LogP contribution < -0.4 is 14.2 Å². The standard InChI is InChI=1S/C20H27NO4S/c1-5-6-7-16-8-11-18(12-9-16)26(22,23)21-15(2)17-10-13-19(24-3)20(14-17)25-4/h8-15,21H,5-7H2,1-4H3. The van der Waals surface area contributed by atoms with Crippen LogP contribution in [0.4, 0.5) is 0 Å². The van der Waals surface area contributed by atoms with Crippen molar-refractivity contribution in [2.75, 3.05) is 14.2 Å². The van der Waals surface area contributed by atoms with Crippen LogP contribution >= 0.6 is 0 Å². The molecule has 1 N–H and O–H groups in total. The molecule has 2 rings (SSSR count). The predicted octanol–water partition coefficient (Wildman–Crippen LogP) is 4.09. The summed E-state index contributed by atoms with van der Waals surface area (Å²) in [6.45, 7) is 3.94. The highest BCUT2D eigenvalue weighted by Crippen LogP contribution is 2.30. The zero-order valence-corrected chi connectivity index (χ0v) is 16.6. The smallest absolute Gasteiger partial charge is 0.241 e. The van der Waals surface area contributed by atoms with E-state index in [2.05, 4.69) is 11.6 Å². The summed E-state index contributed by atoms with van der Waals surface area (Å²) >= 11 is 0. The highest BCUT2D eigenvalue weighted by molar-refractivity contribution is 7.89. The van der Waals surface area contributed by atoms with E-state index in [1.54, 1.807) is 45.4 Å². The molecule has 0 aliphatic carbocycles. The molecule has 0 spiro atoms. The Kier molecular flexibility index (Phi) is 7.06. The largest absolute Gasteiger partial charge is 0.493 e. The van der Waals surface area contributed by atoms with Crippen LogP contribution in [-0.4, -0.2) is 22.6 Å². The number of benzene rings is 2. The number of hydrogen-bond acceptors (Lipinski definition) is 4. The molecule has 0 fully saturated rings. The second-order valence-corrected chi connectivity index (χ2v) is 7.92. The maximum Gasteiger partial charge on any atom is 0.241 e. The predicted molar refractivity (Wildman–Crippen MR) is 103 cm³/mol. The van der Waals surface area contributed by atoms with Gasteiger partial charge < -0.3 is 9.47 Å². The van der Waals surface area contributed by atoms with Crippen molar-refractivity contribution < 1.29 is 17.9 Å². The van der Waals surface area contributed by atoms with E-state index in [-0.39, 0.29) is 4.90 Å². The molecule has 0 amide bonds. The third kappa shape index (κ3) is 4.99. The first-order valence-corrected chi connectivity index (χ1v) is 10.2. The van der Waals surface area contributed by atoms with Gasteiger partial charge in [-0.1, -0.05) is 31.5 Å². The molecular weight excluding hydrogens is 350 g/mol. The molecule has 0 radical (unpaired) electrons. The van der Waals surface area contributed by atoms with Gasteiger partial charge in [-0.2, -0.15) is 0 Å². The van der Waals surface area contributed by atoms with Gasteiger partial charge in [0.05, 0.1) is 19.1 Å². The van der Waals surface area contributed by atoms with Crippen molar-refractivity contribution in [2.24, 2.45) is 0 Å². The van der Waals surface area contributed by atoms with Crippen LogP contribution in [0.1, 0.15) is 43.9 Å². The summed E-state index contributed by atoms with van der Waals surface area (Å²) in [7, 11) is -0.487. The van der Waals surface area contributed by atoms with E-state index >= 15 is 0 Å². The highest BCUT2D eigenvalue weighted by atomic mass is 32.2. The minimum atomic E-state index is -3.60. The zero-order valence-electron chi connectivity index (χ0n) is 15.8. The number of nitrogens with one attached hydrogen (secondary N) is 1. The zero-order chi connectivity index (χ0) is 19.2. The Morgan fingerprint density at radius 1 is 1.00 bits per heavy atom. The van der Waals surface area contributed by atoms with Gasteiger partial charge in [0.1, 0.15) is 0 Å². The minimum absolute atomic E-state index is 0.269. The Morgan fingerprint density at radius 3 is 2.23 bits per heavy atom. The Balaban J connectivity index is 2.15. The first kappa shape index (κ1) is 20.3. The number of hydrogen-bond donors (Lipinski definition) is 1. The summed E-state index contributed by atoms with van der Waals surface area (Å²) in [6, 6.07) is 12.0. The van der Waals surface area contributed by atoms with Crippen molar-refractivity contribution in [3.63, 3.8) is 0 Å². The number of unbranched alkanes of at least 4 members (excludes halogenated alkanes) is 1. The highest BCUT2D eigenvalue weighted by Gasteiger charge is 2.19. The van der Waals surface area contributed by atoms with Crippen LogP contribution in [-0.2, 0) is 16.4 Å². The summed E-state index contributed by atoms with van der Waals surface area (Å²) in [4.78, 5) is 0.269. The van der Waals surface area contributed by atoms with Gasteiger partial charge in [-0.15, -0.1) is 0 Å². The molecule has 0 bridgehead atoms. The lowest BCUT2D eigenvalue weighted by molar-refractivity contribution is 0.354.